The monoisotopic (exact) mass is 372 g/mol. The molecule has 1 fully saturated rings. The molecule has 1 aliphatic heterocycles. The van der Waals surface area contributed by atoms with Crippen LogP contribution in [0.15, 0.2) is 29.6 Å². The highest BCUT2D eigenvalue weighted by atomic mass is 32.1. The number of thiazole rings is 1. The van der Waals surface area contributed by atoms with Crippen molar-refractivity contribution in [3.63, 3.8) is 0 Å². The summed E-state index contributed by atoms with van der Waals surface area (Å²) < 4.78 is 0. The topological polar surface area (TPSA) is 74.3 Å². The minimum atomic E-state index is -0.104. The number of benzene rings is 1. The number of hydrogen-bond acceptors (Lipinski definition) is 4. The van der Waals surface area contributed by atoms with Crippen molar-refractivity contribution < 1.29 is 9.59 Å². The van der Waals surface area contributed by atoms with Gasteiger partial charge in [0.05, 0.1) is 17.2 Å². The average Bonchev–Trinajstić information content (AvgIpc) is 3.05. The van der Waals surface area contributed by atoms with E-state index in [1.165, 1.54) is 0 Å². The Labute approximate surface area is 157 Å². The highest BCUT2D eigenvalue weighted by Gasteiger charge is 2.27. The second-order valence-corrected chi connectivity index (χ2v) is 7.70. The van der Waals surface area contributed by atoms with Gasteiger partial charge in [0, 0.05) is 30.1 Å². The summed E-state index contributed by atoms with van der Waals surface area (Å²) in [4.78, 5) is 30.8. The molecule has 0 unspecified atom stereocenters. The van der Waals surface area contributed by atoms with E-state index in [-0.39, 0.29) is 17.9 Å². The minimum absolute atomic E-state index is 0.0437. The van der Waals surface area contributed by atoms with Crippen molar-refractivity contribution in [2.75, 3.05) is 18.4 Å². The van der Waals surface area contributed by atoms with Gasteiger partial charge in [-0.3, -0.25) is 4.79 Å². The van der Waals surface area contributed by atoms with Crippen LogP contribution in [0.4, 0.5) is 10.5 Å². The number of carbonyl (C=O) groups is 2. The van der Waals surface area contributed by atoms with Crippen LogP contribution in [0.3, 0.4) is 0 Å². The van der Waals surface area contributed by atoms with Crippen LogP contribution in [0.25, 0.3) is 0 Å². The van der Waals surface area contributed by atoms with Gasteiger partial charge in [-0.25, -0.2) is 9.78 Å². The Morgan fingerprint density at radius 3 is 2.69 bits per heavy atom. The zero-order valence-corrected chi connectivity index (χ0v) is 15.9. The van der Waals surface area contributed by atoms with Gasteiger partial charge in [-0.05, 0) is 44.4 Å². The van der Waals surface area contributed by atoms with E-state index >= 15 is 0 Å². The summed E-state index contributed by atoms with van der Waals surface area (Å²) in [7, 11) is 0. The van der Waals surface area contributed by atoms with Gasteiger partial charge in [-0.2, -0.15) is 0 Å². The molecule has 2 heterocycles. The van der Waals surface area contributed by atoms with E-state index < -0.39 is 0 Å². The van der Waals surface area contributed by atoms with Gasteiger partial charge in [0.1, 0.15) is 0 Å². The van der Waals surface area contributed by atoms with Gasteiger partial charge in [-0.15, -0.1) is 11.3 Å². The Hall–Kier alpha value is -2.41. The van der Waals surface area contributed by atoms with Crippen LogP contribution >= 0.6 is 11.3 Å². The van der Waals surface area contributed by atoms with Crippen LogP contribution < -0.4 is 10.6 Å². The minimum Gasteiger partial charge on any atom is -0.350 e. The van der Waals surface area contributed by atoms with E-state index in [2.05, 4.69) is 15.6 Å². The first-order chi connectivity index (χ1) is 12.5. The van der Waals surface area contributed by atoms with Gasteiger partial charge in [-0.1, -0.05) is 12.1 Å². The number of nitrogens with one attached hydrogen (secondary N) is 2. The summed E-state index contributed by atoms with van der Waals surface area (Å²) >= 11 is 1.58. The quantitative estimate of drug-likeness (QED) is 0.865. The summed E-state index contributed by atoms with van der Waals surface area (Å²) in [6.45, 7) is 5.59. The van der Waals surface area contributed by atoms with Crippen molar-refractivity contribution in [2.45, 2.75) is 33.2 Å². The average molecular weight is 372 g/mol. The van der Waals surface area contributed by atoms with Crippen molar-refractivity contribution in [1.29, 1.82) is 0 Å². The maximum Gasteiger partial charge on any atom is 0.321 e. The molecule has 2 N–H and O–H groups in total. The number of carbonyl (C=O) groups excluding carboxylic acids is 2. The Morgan fingerprint density at radius 1 is 1.27 bits per heavy atom. The Kier molecular flexibility index (Phi) is 5.88. The van der Waals surface area contributed by atoms with Crippen LogP contribution in [0.2, 0.25) is 0 Å². The zero-order chi connectivity index (χ0) is 18.5. The number of anilines is 1. The number of aromatic nitrogens is 1. The van der Waals surface area contributed by atoms with Gasteiger partial charge in [0.2, 0.25) is 5.91 Å². The molecule has 0 spiro atoms. The van der Waals surface area contributed by atoms with Crippen molar-refractivity contribution in [3.8, 4) is 0 Å². The molecule has 0 bridgehead atoms. The molecule has 7 heteroatoms. The van der Waals surface area contributed by atoms with E-state index in [9.17, 15) is 9.59 Å². The number of hydrogen-bond donors (Lipinski definition) is 2. The third-order valence-electron chi connectivity index (χ3n) is 4.53. The smallest absolute Gasteiger partial charge is 0.321 e. The van der Waals surface area contributed by atoms with Crippen LogP contribution in [0, 0.1) is 19.8 Å². The number of nitrogens with zero attached hydrogens (tertiary/aromatic N) is 2. The molecule has 1 saturated heterocycles. The predicted octanol–water partition coefficient (Wildman–Crippen LogP) is 3.32. The molecule has 6 nitrogen and oxygen atoms in total. The molecule has 0 aliphatic carbocycles. The molecule has 3 amide bonds. The van der Waals surface area contributed by atoms with Gasteiger partial charge in [0.25, 0.3) is 0 Å². The molecule has 3 rings (SSSR count). The lowest BCUT2D eigenvalue weighted by atomic mass is 9.96. The lowest BCUT2D eigenvalue weighted by molar-refractivity contribution is -0.126. The molecular formula is C19H24N4O2S. The zero-order valence-electron chi connectivity index (χ0n) is 15.1. The molecule has 138 valence electrons. The number of urea groups is 1. The molecule has 0 saturated carbocycles. The SMILES string of the molecule is Cc1cccc(NC(=O)N2CCC(C(=O)NCc3csc(C)n3)CC2)c1. The predicted molar refractivity (Wildman–Crippen MR) is 103 cm³/mol. The number of rotatable bonds is 4. The molecule has 26 heavy (non-hydrogen) atoms. The number of piperidine rings is 1. The van der Waals surface area contributed by atoms with E-state index in [1.807, 2.05) is 43.5 Å². The molecule has 1 aromatic heterocycles. The molecule has 0 radical (unpaired) electrons. The maximum absolute atomic E-state index is 12.4. The van der Waals surface area contributed by atoms with Crippen molar-refractivity contribution >= 4 is 29.0 Å². The van der Waals surface area contributed by atoms with Crippen LogP contribution in [-0.4, -0.2) is 34.9 Å². The number of aryl methyl sites for hydroxylation is 2. The Bertz CT molecular complexity index is 781. The van der Waals surface area contributed by atoms with Crippen LogP contribution in [0.5, 0.6) is 0 Å². The van der Waals surface area contributed by atoms with Crippen molar-refractivity contribution in [1.82, 2.24) is 15.2 Å². The van der Waals surface area contributed by atoms with Crippen molar-refractivity contribution in [2.24, 2.45) is 5.92 Å². The standard InChI is InChI=1S/C19H24N4O2S/c1-13-4-3-5-16(10-13)22-19(25)23-8-6-15(7-9-23)18(24)20-11-17-12-26-14(2)21-17/h3-5,10,12,15H,6-9,11H2,1-2H3,(H,20,24)(H,22,25). The van der Waals surface area contributed by atoms with E-state index in [0.717, 1.165) is 22.0 Å². The fourth-order valence-electron chi connectivity index (χ4n) is 3.08. The highest BCUT2D eigenvalue weighted by Crippen LogP contribution is 2.19. The Balaban J connectivity index is 1.44. The lowest BCUT2D eigenvalue weighted by Gasteiger charge is -2.31. The molecule has 1 aromatic carbocycles. The van der Waals surface area contributed by atoms with Crippen LogP contribution in [-0.2, 0) is 11.3 Å². The van der Waals surface area contributed by atoms with E-state index in [4.69, 9.17) is 0 Å². The highest BCUT2D eigenvalue weighted by molar-refractivity contribution is 7.09. The molecule has 0 atom stereocenters. The first kappa shape index (κ1) is 18.4. The largest absolute Gasteiger partial charge is 0.350 e. The van der Waals surface area contributed by atoms with Crippen molar-refractivity contribution in [3.05, 3.63) is 45.9 Å². The Morgan fingerprint density at radius 2 is 2.04 bits per heavy atom. The third-order valence-corrected chi connectivity index (χ3v) is 5.35. The van der Waals surface area contributed by atoms with E-state index in [1.54, 1.807) is 16.2 Å². The summed E-state index contributed by atoms with van der Waals surface area (Å²) in [5.41, 5.74) is 2.80. The van der Waals surface area contributed by atoms with Gasteiger partial charge >= 0.3 is 6.03 Å². The second-order valence-electron chi connectivity index (χ2n) is 6.64. The lowest BCUT2D eigenvalue weighted by Crippen LogP contribution is -2.44. The normalized spacial score (nSPS) is 14.9. The third kappa shape index (κ3) is 4.82. The summed E-state index contributed by atoms with van der Waals surface area (Å²) in [6, 6.07) is 7.63. The van der Waals surface area contributed by atoms with Gasteiger partial charge in [0.15, 0.2) is 0 Å². The summed E-state index contributed by atoms with van der Waals surface area (Å²) in [5, 5.41) is 8.85. The molecule has 1 aliphatic rings. The first-order valence-corrected chi connectivity index (χ1v) is 9.70. The number of amides is 3. The molecular weight excluding hydrogens is 348 g/mol. The van der Waals surface area contributed by atoms with Crippen LogP contribution in [0.1, 0.15) is 29.1 Å². The first-order valence-electron chi connectivity index (χ1n) is 8.82. The fraction of sp³-hybridized carbons (Fsp3) is 0.421. The summed E-state index contributed by atoms with van der Waals surface area (Å²) in [6.07, 6.45) is 1.37. The maximum atomic E-state index is 12.4. The van der Waals surface area contributed by atoms with E-state index in [0.29, 0.717) is 32.5 Å². The second kappa shape index (κ2) is 8.31. The fourth-order valence-corrected chi connectivity index (χ4v) is 3.69. The molecule has 2 aromatic rings. The van der Waals surface area contributed by atoms with Gasteiger partial charge < -0.3 is 15.5 Å². The summed E-state index contributed by atoms with van der Waals surface area (Å²) in [5.74, 6) is 0.00662. The number of likely N-dealkylation sites (tertiary alicyclic amines) is 1.